The summed E-state index contributed by atoms with van der Waals surface area (Å²) in [7, 11) is 0. The van der Waals surface area contributed by atoms with E-state index in [2.05, 4.69) is 24.1 Å². The standard InChI is InChI=1S/C13H21N3O.C7H6O3/c1-3-16(4-2)10-9-15-13(17)11-5-7-12(14)8-6-11;8-6-4-2-1-3-5(6)7(9)10/h5-8H,3-4,9-10,14H2,1-2H3,(H,15,17);1-4,8H,(H,9,10). The number of aromatic hydroxyl groups is 1. The molecular formula is C20H27N3O4. The molecule has 0 aliphatic heterocycles. The van der Waals surface area contributed by atoms with Crippen molar-refractivity contribution in [2.75, 3.05) is 31.9 Å². The van der Waals surface area contributed by atoms with Crippen LogP contribution < -0.4 is 11.1 Å². The van der Waals surface area contributed by atoms with Crippen molar-refractivity contribution in [3.63, 3.8) is 0 Å². The number of nitrogens with two attached hydrogens (primary N) is 1. The quantitative estimate of drug-likeness (QED) is 0.554. The predicted octanol–water partition coefficient (Wildman–Crippen LogP) is 2.43. The van der Waals surface area contributed by atoms with Crippen molar-refractivity contribution in [1.29, 1.82) is 0 Å². The fourth-order valence-corrected chi connectivity index (χ4v) is 2.26. The van der Waals surface area contributed by atoms with Gasteiger partial charge in [0.1, 0.15) is 11.3 Å². The van der Waals surface area contributed by atoms with Crippen LogP contribution in [-0.2, 0) is 0 Å². The number of nitrogens with zero attached hydrogens (tertiary/aromatic N) is 1. The Kier molecular flexibility index (Phi) is 9.39. The van der Waals surface area contributed by atoms with E-state index in [1.54, 1.807) is 36.4 Å². The molecule has 0 atom stereocenters. The summed E-state index contributed by atoms with van der Waals surface area (Å²) in [4.78, 5) is 24.3. The molecule has 0 unspecified atom stereocenters. The highest BCUT2D eigenvalue weighted by molar-refractivity contribution is 5.94. The van der Waals surface area contributed by atoms with Gasteiger partial charge in [0.2, 0.25) is 0 Å². The lowest BCUT2D eigenvalue weighted by Gasteiger charge is -2.17. The maximum atomic E-state index is 11.7. The van der Waals surface area contributed by atoms with Crippen LogP contribution in [0.1, 0.15) is 34.6 Å². The van der Waals surface area contributed by atoms with Crippen LogP contribution >= 0.6 is 0 Å². The first kappa shape index (κ1) is 22.0. The van der Waals surface area contributed by atoms with E-state index in [0.717, 1.165) is 19.6 Å². The van der Waals surface area contributed by atoms with Gasteiger partial charge in [0.05, 0.1) is 0 Å². The van der Waals surface area contributed by atoms with Gasteiger partial charge in [-0.1, -0.05) is 26.0 Å². The zero-order valence-corrected chi connectivity index (χ0v) is 15.7. The summed E-state index contributed by atoms with van der Waals surface area (Å²) >= 11 is 0. The molecule has 7 heteroatoms. The van der Waals surface area contributed by atoms with E-state index in [1.165, 1.54) is 12.1 Å². The van der Waals surface area contributed by atoms with Crippen LogP contribution in [0, 0.1) is 0 Å². The molecule has 0 saturated heterocycles. The molecule has 0 radical (unpaired) electrons. The SMILES string of the molecule is CCN(CC)CCNC(=O)c1ccc(N)cc1.O=C(O)c1ccccc1O. The molecule has 0 aliphatic carbocycles. The number of hydrogen-bond donors (Lipinski definition) is 4. The van der Waals surface area contributed by atoms with Crippen LogP contribution in [0.2, 0.25) is 0 Å². The molecular weight excluding hydrogens is 346 g/mol. The predicted molar refractivity (Wildman–Crippen MR) is 106 cm³/mol. The molecule has 0 spiro atoms. The molecule has 2 aromatic carbocycles. The van der Waals surface area contributed by atoms with Crippen molar-refractivity contribution < 1.29 is 19.8 Å². The second-order valence-corrected chi connectivity index (χ2v) is 5.73. The molecule has 0 saturated carbocycles. The molecule has 146 valence electrons. The van der Waals surface area contributed by atoms with Crippen molar-refractivity contribution in [2.45, 2.75) is 13.8 Å². The lowest BCUT2D eigenvalue weighted by Crippen LogP contribution is -2.34. The van der Waals surface area contributed by atoms with E-state index in [4.69, 9.17) is 15.9 Å². The van der Waals surface area contributed by atoms with Crippen LogP contribution in [0.3, 0.4) is 0 Å². The number of nitrogens with one attached hydrogen (secondary N) is 1. The number of carboxylic acids is 1. The van der Waals surface area contributed by atoms with Crippen LogP contribution in [0.5, 0.6) is 5.75 Å². The van der Waals surface area contributed by atoms with Crippen molar-refractivity contribution >= 4 is 17.6 Å². The first-order chi connectivity index (χ1) is 12.9. The number of likely N-dealkylation sites (N-methyl/N-ethyl adjacent to an activating group) is 1. The monoisotopic (exact) mass is 373 g/mol. The highest BCUT2D eigenvalue weighted by Gasteiger charge is 2.06. The van der Waals surface area contributed by atoms with E-state index in [0.29, 0.717) is 17.8 Å². The Morgan fingerprint density at radius 3 is 2.11 bits per heavy atom. The molecule has 2 aromatic rings. The summed E-state index contributed by atoms with van der Waals surface area (Å²) in [5.41, 5.74) is 6.82. The number of hydrogen-bond acceptors (Lipinski definition) is 5. The van der Waals surface area contributed by atoms with Gasteiger partial charge in [0, 0.05) is 24.3 Å². The minimum atomic E-state index is -1.11. The number of aromatic carboxylic acids is 1. The number of para-hydroxylation sites is 1. The third-order valence-electron chi connectivity index (χ3n) is 3.92. The van der Waals surface area contributed by atoms with E-state index >= 15 is 0 Å². The fourth-order valence-electron chi connectivity index (χ4n) is 2.26. The Morgan fingerprint density at radius 2 is 1.63 bits per heavy atom. The largest absolute Gasteiger partial charge is 0.507 e. The van der Waals surface area contributed by atoms with Crippen molar-refractivity contribution in [2.24, 2.45) is 0 Å². The number of nitrogen functional groups attached to an aromatic ring is 1. The smallest absolute Gasteiger partial charge is 0.339 e. The number of amides is 1. The van der Waals surface area contributed by atoms with Crippen LogP contribution in [-0.4, -0.2) is 53.2 Å². The molecule has 0 fully saturated rings. The Labute approximate surface area is 159 Å². The summed E-state index contributed by atoms with van der Waals surface area (Å²) < 4.78 is 0. The lowest BCUT2D eigenvalue weighted by molar-refractivity contribution is 0.0693. The lowest BCUT2D eigenvalue weighted by atomic mass is 10.2. The minimum absolute atomic E-state index is 0.0443. The van der Waals surface area contributed by atoms with Crippen molar-refractivity contribution in [1.82, 2.24) is 10.2 Å². The first-order valence-electron chi connectivity index (χ1n) is 8.76. The number of anilines is 1. The summed E-state index contributed by atoms with van der Waals surface area (Å²) in [5, 5.41) is 20.2. The Hall–Kier alpha value is -3.06. The fraction of sp³-hybridized carbons (Fsp3) is 0.300. The van der Waals surface area contributed by atoms with Gasteiger partial charge in [-0.05, 0) is 49.5 Å². The second-order valence-electron chi connectivity index (χ2n) is 5.73. The number of carboxylic acid groups (broad SMARTS) is 1. The maximum absolute atomic E-state index is 11.7. The highest BCUT2D eigenvalue weighted by Crippen LogP contribution is 2.14. The molecule has 7 nitrogen and oxygen atoms in total. The van der Waals surface area contributed by atoms with Gasteiger partial charge in [-0.15, -0.1) is 0 Å². The Morgan fingerprint density at radius 1 is 1.04 bits per heavy atom. The molecule has 0 bridgehead atoms. The second kappa shape index (κ2) is 11.5. The van der Waals surface area contributed by atoms with Gasteiger partial charge in [0.15, 0.2) is 0 Å². The highest BCUT2D eigenvalue weighted by atomic mass is 16.4. The number of benzene rings is 2. The molecule has 0 aromatic heterocycles. The van der Waals surface area contributed by atoms with E-state index in [1.807, 2.05) is 0 Å². The normalized spacial score (nSPS) is 10.0. The zero-order chi connectivity index (χ0) is 20.2. The third kappa shape index (κ3) is 7.79. The first-order valence-corrected chi connectivity index (χ1v) is 8.76. The van der Waals surface area contributed by atoms with Gasteiger partial charge in [-0.2, -0.15) is 0 Å². The topological polar surface area (TPSA) is 116 Å². The summed E-state index contributed by atoms with van der Waals surface area (Å²) in [6, 6.07) is 12.8. The summed E-state index contributed by atoms with van der Waals surface area (Å²) in [5.74, 6) is -1.36. The van der Waals surface area contributed by atoms with Gasteiger partial charge in [-0.3, -0.25) is 4.79 Å². The van der Waals surface area contributed by atoms with Crippen LogP contribution in [0.4, 0.5) is 5.69 Å². The van der Waals surface area contributed by atoms with Gasteiger partial charge in [-0.25, -0.2) is 4.79 Å². The maximum Gasteiger partial charge on any atom is 0.339 e. The molecule has 1 amide bonds. The number of carbonyl (C=O) groups is 2. The van der Waals surface area contributed by atoms with Crippen LogP contribution in [0.15, 0.2) is 48.5 Å². The Balaban J connectivity index is 0.000000309. The minimum Gasteiger partial charge on any atom is -0.507 e. The van der Waals surface area contributed by atoms with Gasteiger partial charge < -0.3 is 26.2 Å². The molecule has 0 aliphatic rings. The van der Waals surface area contributed by atoms with E-state index < -0.39 is 5.97 Å². The molecule has 0 heterocycles. The number of rotatable bonds is 7. The third-order valence-corrected chi connectivity index (χ3v) is 3.92. The van der Waals surface area contributed by atoms with Crippen LogP contribution in [0.25, 0.3) is 0 Å². The average molecular weight is 373 g/mol. The summed E-state index contributed by atoms with van der Waals surface area (Å²) in [6.45, 7) is 7.80. The summed E-state index contributed by atoms with van der Waals surface area (Å²) in [6.07, 6.45) is 0. The molecule has 27 heavy (non-hydrogen) atoms. The average Bonchev–Trinajstić information content (AvgIpc) is 2.66. The van der Waals surface area contributed by atoms with E-state index in [9.17, 15) is 9.59 Å². The van der Waals surface area contributed by atoms with Crippen molar-refractivity contribution in [3.05, 3.63) is 59.7 Å². The zero-order valence-electron chi connectivity index (χ0n) is 15.7. The Bertz CT molecular complexity index is 728. The van der Waals surface area contributed by atoms with E-state index in [-0.39, 0.29) is 17.2 Å². The number of carbonyl (C=O) groups excluding carboxylic acids is 1. The number of phenols is 1. The van der Waals surface area contributed by atoms with Gasteiger partial charge in [0.25, 0.3) is 5.91 Å². The van der Waals surface area contributed by atoms with Gasteiger partial charge >= 0.3 is 5.97 Å². The molecule has 2 rings (SSSR count). The van der Waals surface area contributed by atoms with Crippen molar-refractivity contribution in [3.8, 4) is 5.75 Å². The molecule has 5 N–H and O–H groups in total.